The monoisotopic (exact) mass is 188 g/mol. The molecule has 0 saturated heterocycles. The van der Waals surface area contributed by atoms with E-state index in [0.717, 1.165) is 6.54 Å². The van der Waals surface area contributed by atoms with Crippen LogP contribution in [0.4, 0.5) is 0 Å². The minimum Gasteiger partial charge on any atom is -0.205 e. The molecule has 0 fully saturated rings. The van der Waals surface area contributed by atoms with Crippen molar-refractivity contribution in [3.63, 3.8) is 0 Å². The topological polar surface area (TPSA) is 3.88 Å². The first-order valence-corrected chi connectivity index (χ1v) is 2.87. The van der Waals surface area contributed by atoms with E-state index in [1.807, 2.05) is 18.2 Å². The summed E-state index contributed by atoms with van der Waals surface area (Å²) in [7, 11) is 0. The van der Waals surface area contributed by atoms with Gasteiger partial charge in [0.1, 0.15) is 6.54 Å². The van der Waals surface area contributed by atoms with Crippen molar-refractivity contribution in [3.05, 3.63) is 30.6 Å². The normalized spacial score (nSPS) is 8.11. The van der Waals surface area contributed by atoms with Crippen LogP contribution in [0.5, 0.6) is 0 Å². The Bertz CT molecular complexity index is 150. The molecule has 0 aliphatic rings. The molecule has 0 amide bonds. The Morgan fingerprint density at radius 2 is 1.67 bits per heavy atom. The molecule has 1 aromatic rings. The molecule has 9 heavy (non-hydrogen) atoms. The van der Waals surface area contributed by atoms with E-state index in [1.54, 1.807) is 0 Å². The Morgan fingerprint density at radius 3 is 2.00 bits per heavy atom. The molecule has 50 valence electrons. The zero-order chi connectivity index (χ0) is 5.82. The molecule has 0 aliphatic carbocycles. The molecule has 1 heterocycles. The van der Waals surface area contributed by atoms with Gasteiger partial charge in [0.25, 0.3) is 0 Å². The van der Waals surface area contributed by atoms with E-state index < -0.39 is 0 Å². The van der Waals surface area contributed by atoms with Gasteiger partial charge in [-0.05, 0) is 6.92 Å². The number of pyridine rings is 1. The minimum absolute atomic E-state index is 0. The molecule has 1 nitrogen and oxygen atoms in total. The second kappa shape index (κ2) is 4.50. The summed E-state index contributed by atoms with van der Waals surface area (Å²) in [6.07, 6.45) is 4.11. The highest BCUT2D eigenvalue weighted by atomic mass is 79.9. The van der Waals surface area contributed by atoms with Crippen molar-refractivity contribution < 1.29 is 4.57 Å². The van der Waals surface area contributed by atoms with Gasteiger partial charge in [-0.2, -0.15) is 0 Å². The lowest BCUT2D eigenvalue weighted by atomic mass is 10.5. The highest BCUT2D eigenvalue weighted by Gasteiger charge is 1.86. The molecule has 0 bridgehead atoms. The Labute approximate surface area is 66.1 Å². The van der Waals surface area contributed by atoms with E-state index in [0.29, 0.717) is 0 Å². The van der Waals surface area contributed by atoms with Crippen LogP contribution in [0, 0.1) is 0 Å². The van der Waals surface area contributed by atoms with Crippen LogP contribution in [0.25, 0.3) is 0 Å². The van der Waals surface area contributed by atoms with E-state index in [9.17, 15) is 0 Å². The molecule has 0 saturated carbocycles. The summed E-state index contributed by atoms with van der Waals surface area (Å²) >= 11 is 0. The number of aromatic nitrogens is 1. The molecule has 2 heteroatoms. The fourth-order valence-electron chi connectivity index (χ4n) is 0.645. The van der Waals surface area contributed by atoms with Crippen molar-refractivity contribution >= 4 is 17.0 Å². The number of hydrogen-bond acceptors (Lipinski definition) is 0. The lowest BCUT2D eigenvalue weighted by Gasteiger charge is -1.84. The van der Waals surface area contributed by atoms with Crippen LogP contribution in [0.3, 0.4) is 0 Å². The van der Waals surface area contributed by atoms with Crippen molar-refractivity contribution in [2.45, 2.75) is 13.5 Å². The van der Waals surface area contributed by atoms with Crippen molar-refractivity contribution in [3.8, 4) is 0 Å². The van der Waals surface area contributed by atoms with E-state index >= 15 is 0 Å². The lowest BCUT2D eigenvalue weighted by Crippen LogP contribution is -2.30. The first-order chi connectivity index (χ1) is 3.93. The van der Waals surface area contributed by atoms with Gasteiger partial charge >= 0.3 is 0 Å². The second-order valence-electron chi connectivity index (χ2n) is 1.71. The van der Waals surface area contributed by atoms with Crippen LogP contribution in [0.15, 0.2) is 30.6 Å². The van der Waals surface area contributed by atoms with Gasteiger partial charge in [0.15, 0.2) is 12.4 Å². The van der Waals surface area contributed by atoms with E-state index in [2.05, 4.69) is 23.9 Å². The maximum Gasteiger partial charge on any atom is 0.168 e. The highest BCUT2D eigenvalue weighted by Crippen LogP contribution is 1.74. The summed E-state index contributed by atoms with van der Waals surface area (Å²) in [5.74, 6) is 0. The van der Waals surface area contributed by atoms with Gasteiger partial charge < -0.3 is 0 Å². The third kappa shape index (κ3) is 2.61. The van der Waals surface area contributed by atoms with E-state index in [1.165, 1.54) is 0 Å². The first kappa shape index (κ1) is 8.63. The highest BCUT2D eigenvalue weighted by molar-refractivity contribution is 8.93. The predicted molar refractivity (Wildman–Crippen MR) is 42.6 cm³/mol. The molecule has 0 radical (unpaired) electrons. The van der Waals surface area contributed by atoms with Gasteiger partial charge in [0.2, 0.25) is 0 Å². The number of halogens is 1. The van der Waals surface area contributed by atoms with Crippen LogP contribution < -0.4 is 4.57 Å². The minimum atomic E-state index is 0. The van der Waals surface area contributed by atoms with Gasteiger partial charge in [-0.3, -0.25) is 0 Å². The van der Waals surface area contributed by atoms with Gasteiger partial charge in [0, 0.05) is 12.1 Å². The molecule has 0 aromatic carbocycles. The number of nitrogens with zero attached hydrogens (tertiary/aromatic N) is 1. The summed E-state index contributed by atoms with van der Waals surface area (Å²) in [6.45, 7) is 3.18. The molecular weight excluding hydrogens is 178 g/mol. The Morgan fingerprint density at radius 1 is 1.11 bits per heavy atom. The standard InChI is InChI=1S/C7H10N.BrH/c1-2-8-6-4-3-5-7-8;/h3-7H,2H2,1H3;1H/q+1;. The van der Waals surface area contributed by atoms with Crippen LogP contribution >= 0.6 is 17.0 Å². The average Bonchev–Trinajstić information content (AvgIpc) is 1.90. The van der Waals surface area contributed by atoms with Crippen LogP contribution in [0.1, 0.15) is 6.92 Å². The molecule has 1 aromatic heterocycles. The molecule has 0 N–H and O–H groups in total. The molecule has 0 aliphatic heterocycles. The van der Waals surface area contributed by atoms with Gasteiger partial charge in [-0.25, -0.2) is 4.57 Å². The quantitative estimate of drug-likeness (QED) is 0.590. The van der Waals surface area contributed by atoms with E-state index in [4.69, 9.17) is 0 Å². The lowest BCUT2D eigenvalue weighted by molar-refractivity contribution is -0.693. The summed E-state index contributed by atoms with van der Waals surface area (Å²) in [5, 5.41) is 0. The Kier molecular flexibility index (Phi) is 4.32. The fourth-order valence-corrected chi connectivity index (χ4v) is 0.645. The maximum atomic E-state index is 2.12. The number of hydrogen-bond donors (Lipinski definition) is 0. The summed E-state index contributed by atoms with van der Waals surface area (Å²) in [6, 6.07) is 6.08. The van der Waals surface area contributed by atoms with Gasteiger partial charge in [-0.1, -0.05) is 6.07 Å². The van der Waals surface area contributed by atoms with Gasteiger partial charge in [-0.15, -0.1) is 17.0 Å². The molecule has 0 spiro atoms. The fraction of sp³-hybridized carbons (Fsp3) is 0.286. The SMILES string of the molecule is Br.CC[n+]1ccccc1. The molecule has 0 atom stereocenters. The maximum absolute atomic E-state index is 2.12. The smallest absolute Gasteiger partial charge is 0.168 e. The third-order valence-electron chi connectivity index (χ3n) is 1.14. The van der Waals surface area contributed by atoms with Crippen LogP contribution in [0.2, 0.25) is 0 Å². The van der Waals surface area contributed by atoms with E-state index in [-0.39, 0.29) is 17.0 Å². The Hall–Kier alpha value is -0.370. The summed E-state index contributed by atoms with van der Waals surface area (Å²) in [4.78, 5) is 0. The largest absolute Gasteiger partial charge is 0.205 e. The second-order valence-corrected chi connectivity index (χ2v) is 1.71. The van der Waals surface area contributed by atoms with Crippen molar-refractivity contribution in [1.82, 2.24) is 0 Å². The number of aryl methyl sites for hydroxylation is 1. The van der Waals surface area contributed by atoms with Crippen LogP contribution in [-0.4, -0.2) is 0 Å². The third-order valence-corrected chi connectivity index (χ3v) is 1.14. The summed E-state index contributed by atoms with van der Waals surface area (Å²) < 4.78 is 2.12. The molecular formula is C7H11BrN+. The molecule has 0 unspecified atom stereocenters. The first-order valence-electron chi connectivity index (χ1n) is 2.87. The predicted octanol–water partition coefficient (Wildman–Crippen LogP) is 1.57. The number of rotatable bonds is 1. The van der Waals surface area contributed by atoms with Crippen molar-refractivity contribution in [2.75, 3.05) is 0 Å². The Balaban J connectivity index is 0.000000640. The van der Waals surface area contributed by atoms with Crippen LogP contribution in [-0.2, 0) is 6.54 Å². The zero-order valence-electron chi connectivity index (χ0n) is 5.45. The summed E-state index contributed by atoms with van der Waals surface area (Å²) in [5.41, 5.74) is 0. The van der Waals surface area contributed by atoms with Crippen molar-refractivity contribution in [1.29, 1.82) is 0 Å². The molecule has 1 rings (SSSR count). The average molecular weight is 189 g/mol. The van der Waals surface area contributed by atoms with Crippen molar-refractivity contribution in [2.24, 2.45) is 0 Å². The zero-order valence-corrected chi connectivity index (χ0v) is 7.16. The van der Waals surface area contributed by atoms with Gasteiger partial charge in [0.05, 0.1) is 0 Å².